The van der Waals surface area contributed by atoms with Crippen LogP contribution < -0.4 is 0 Å². The second kappa shape index (κ2) is 7.45. The number of hydrogen-bond donors (Lipinski definition) is 1. The van der Waals surface area contributed by atoms with Gasteiger partial charge in [-0.3, -0.25) is 5.10 Å². The normalized spacial score (nSPS) is 25.4. The number of fused-ring (bicyclic) bond motifs is 4. The molecule has 3 aliphatic rings. The Hall–Kier alpha value is -2.73. The Morgan fingerprint density at radius 1 is 1.06 bits per heavy atom. The van der Waals surface area contributed by atoms with Crippen molar-refractivity contribution in [3.8, 4) is 23.0 Å². The standard InChI is InChI=1S/C24H24ClN5O/c1-13-14-4-6-15(7-5-14)18(13)11-16-12-19(20-3-2-10-31-20)27-24(26-16)22-17-8-9-21(25)28-23(17)30-29-22/h2-3,8-10,12-15,18H,4-7,11H2,1H3,(H,28,29,30). The summed E-state index contributed by atoms with van der Waals surface area (Å²) < 4.78 is 5.66. The topological polar surface area (TPSA) is 80.5 Å². The number of pyridine rings is 1. The zero-order valence-electron chi connectivity index (χ0n) is 17.4. The molecule has 0 aromatic carbocycles. The highest BCUT2D eigenvalue weighted by atomic mass is 35.5. The maximum absolute atomic E-state index is 6.04. The monoisotopic (exact) mass is 433 g/mol. The number of H-pyrrole nitrogens is 1. The smallest absolute Gasteiger partial charge is 0.183 e. The number of nitrogens with one attached hydrogen (secondary N) is 1. The molecular formula is C24H24ClN5O. The van der Waals surface area contributed by atoms with E-state index in [2.05, 4.69) is 28.2 Å². The first-order valence-corrected chi connectivity index (χ1v) is 11.5. The van der Waals surface area contributed by atoms with Crippen LogP contribution in [0.1, 0.15) is 38.3 Å². The minimum absolute atomic E-state index is 0.415. The molecule has 31 heavy (non-hydrogen) atoms. The first kappa shape index (κ1) is 19.0. The van der Waals surface area contributed by atoms with Crippen LogP contribution in [0.15, 0.2) is 41.0 Å². The molecule has 2 unspecified atom stereocenters. The van der Waals surface area contributed by atoms with Gasteiger partial charge in [0.25, 0.3) is 0 Å². The molecule has 0 radical (unpaired) electrons. The third kappa shape index (κ3) is 3.33. The van der Waals surface area contributed by atoms with E-state index in [1.807, 2.05) is 18.2 Å². The van der Waals surface area contributed by atoms with Gasteiger partial charge in [0.2, 0.25) is 0 Å². The minimum Gasteiger partial charge on any atom is -0.463 e. The van der Waals surface area contributed by atoms with Gasteiger partial charge < -0.3 is 4.42 Å². The molecule has 3 fully saturated rings. The van der Waals surface area contributed by atoms with Crippen LogP contribution in [0, 0.1) is 23.7 Å². The minimum atomic E-state index is 0.415. The van der Waals surface area contributed by atoms with Gasteiger partial charge in [-0.2, -0.15) is 5.10 Å². The van der Waals surface area contributed by atoms with E-state index in [1.165, 1.54) is 25.7 Å². The second-order valence-corrected chi connectivity index (χ2v) is 9.44. The molecule has 4 heterocycles. The fourth-order valence-corrected chi connectivity index (χ4v) is 5.92. The predicted molar refractivity (Wildman–Crippen MR) is 119 cm³/mol. The van der Waals surface area contributed by atoms with Crippen LogP contribution >= 0.6 is 11.6 Å². The van der Waals surface area contributed by atoms with Crippen molar-refractivity contribution in [2.24, 2.45) is 23.7 Å². The zero-order chi connectivity index (χ0) is 20.9. The van der Waals surface area contributed by atoms with E-state index >= 15 is 0 Å². The SMILES string of the molecule is CC1C2CCC(CC2)C1Cc1cc(-c2ccco2)nc(-c2[nH]nc3nc(Cl)ccc23)n1. The summed E-state index contributed by atoms with van der Waals surface area (Å²) in [6, 6.07) is 9.59. The van der Waals surface area contributed by atoms with E-state index in [1.54, 1.807) is 12.3 Å². The summed E-state index contributed by atoms with van der Waals surface area (Å²) in [5, 5.41) is 8.66. The van der Waals surface area contributed by atoms with Crippen LogP contribution in [0.3, 0.4) is 0 Å². The zero-order valence-corrected chi connectivity index (χ0v) is 18.1. The highest BCUT2D eigenvalue weighted by Gasteiger charge is 2.41. The third-order valence-electron chi connectivity index (χ3n) is 7.45. The van der Waals surface area contributed by atoms with E-state index in [0.29, 0.717) is 22.5 Å². The molecule has 0 aliphatic heterocycles. The number of aromatic amines is 1. The predicted octanol–water partition coefficient (Wildman–Crippen LogP) is 5.94. The van der Waals surface area contributed by atoms with Gasteiger partial charge >= 0.3 is 0 Å². The van der Waals surface area contributed by atoms with E-state index < -0.39 is 0 Å². The van der Waals surface area contributed by atoms with E-state index in [0.717, 1.165) is 52.4 Å². The Balaban J connectivity index is 1.43. The van der Waals surface area contributed by atoms with Crippen molar-refractivity contribution in [3.63, 3.8) is 0 Å². The first-order valence-electron chi connectivity index (χ1n) is 11.1. The molecule has 7 heteroatoms. The van der Waals surface area contributed by atoms with Crippen molar-refractivity contribution < 1.29 is 4.42 Å². The average molecular weight is 434 g/mol. The summed E-state index contributed by atoms with van der Waals surface area (Å²) in [4.78, 5) is 14.1. The van der Waals surface area contributed by atoms with Gasteiger partial charge in [0.1, 0.15) is 16.5 Å². The molecule has 4 aromatic heterocycles. The van der Waals surface area contributed by atoms with Crippen molar-refractivity contribution in [1.29, 1.82) is 0 Å². The van der Waals surface area contributed by atoms with Crippen LogP contribution in [-0.4, -0.2) is 25.1 Å². The Bertz CT molecular complexity index is 1220. The van der Waals surface area contributed by atoms with Gasteiger partial charge in [-0.25, -0.2) is 15.0 Å². The summed E-state index contributed by atoms with van der Waals surface area (Å²) in [6.45, 7) is 2.44. The van der Waals surface area contributed by atoms with Crippen molar-refractivity contribution in [3.05, 3.63) is 47.4 Å². The summed E-state index contributed by atoms with van der Waals surface area (Å²) >= 11 is 6.04. The van der Waals surface area contributed by atoms with E-state index in [-0.39, 0.29) is 0 Å². The Morgan fingerprint density at radius 3 is 2.68 bits per heavy atom. The van der Waals surface area contributed by atoms with E-state index in [4.69, 9.17) is 26.0 Å². The summed E-state index contributed by atoms with van der Waals surface area (Å²) in [5.41, 5.74) is 3.18. The lowest BCUT2D eigenvalue weighted by Gasteiger charge is -2.47. The molecule has 2 bridgehead atoms. The molecule has 0 spiro atoms. The summed E-state index contributed by atoms with van der Waals surface area (Å²) in [7, 11) is 0. The lowest BCUT2D eigenvalue weighted by Crippen LogP contribution is -2.39. The molecule has 7 rings (SSSR count). The molecule has 158 valence electrons. The fraction of sp³-hybridized carbons (Fsp3) is 0.417. The van der Waals surface area contributed by atoms with Crippen LogP contribution in [0.2, 0.25) is 5.15 Å². The Kier molecular flexibility index (Phi) is 4.56. The van der Waals surface area contributed by atoms with Crippen molar-refractivity contribution in [1.82, 2.24) is 25.1 Å². The van der Waals surface area contributed by atoms with Crippen LogP contribution in [0.4, 0.5) is 0 Å². The Morgan fingerprint density at radius 2 is 1.90 bits per heavy atom. The number of rotatable bonds is 4. The quantitative estimate of drug-likeness (QED) is 0.402. The van der Waals surface area contributed by atoms with E-state index in [9.17, 15) is 0 Å². The Labute approximate surface area is 185 Å². The largest absolute Gasteiger partial charge is 0.463 e. The van der Waals surface area contributed by atoms with Gasteiger partial charge in [-0.05, 0) is 86.1 Å². The van der Waals surface area contributed by atoms with Gasteiger partial charge in [0.15, 0.2) is 17.2 Å². The molecule has 1 N–H and O–H groups in total. The number of nitrogens with zero attached hydrogens (tertiary/aromatic N) is 4. The maximum Gasteiger partial charge on any atom is 0.183 e. The average Bonchev–Trinajstić information content (AvgIpc) is 3.46. The molecule has 0 saturated heterocycles. The summed E-state index contributed by atoms with van der Waals surface area (Å²) in [6.07, 6.45) is 8.16. The van der Waals surface area contributed by atoms with Crippen molar-refractivity contribution >= 4 is 22.6 Å². The van der Waals surface area contributed by atoms with Gasteiger partial charge in [-0.15, -0.1) is 0 Å². The lowest BCUT2D eigenvalue weighted by atomic mass is 9.58. The molecule has 6 nitrogen and oxygen atoms in total. The molecular weight excluding hydrogens is 410 g/mol. The highest BCUT2D eigenvalue weighted by molar-refractivity contribution is 6.29. The molecule has 3 aliphatic carbocycles. The number of furan rings is 1. The molecule has 4 aromatic rings. The molecule has 3 saturated carbocycles. The van der Waals surface area contributed by atoms with Gasteiger partial charge in [0.05, 0.1) is 11.6 Å². The van der Waals surface area contributed by atoms with Gasteiger partial charge in [-0.1, -0.05) is 18.5 Å². The third-order valence-corrected chi connectivity index (χ3v) is 7.66. The van der Waals surface area contributed by atoms with Gasteiger partial charge in [0, 0.05) is 5.69 Å². The first-order chi connectivity index (χ1) is 15.2. The summed E-state index contributed by atoms with van der Waals surface area (Å²) in [5.74, 6) is 4.46. The highest BCUT2D eigenvalue weighted by Crippen LogP contribution is 2.49. The lowest BCUT2D eigenvalue weighted by molar-refractivity contribution is 0.0339. The van der Waals surface area contributed by atoms with Crippen LogP contribution in [-0.2, 0) is 6.42 Å². The number of aromatic nitrogens is 5. The van der Waals surface area contributed by atoms with Crippen molar-refractivity contribution in [2.45, 2.75) is 39.0 Å². The maximum atomic E-state index is 6.04. The van der Waals surface area contributed by atoms with Crippen LogP contribution in [0.5, 0.6) is 0 Å². The number of hydrogen-bond acceptors (Lipinski definition) is 5. The molecule has 0 amide bonds. The molecule has 2 atom stereocenters. The second-order valence-electron chi connectivity index (χ2n) is 9.05. The fourth-order valence-electron chi connectivity index (χ4n) is 5.78. The van der Waals surface area contributed by atoms with Crippen LogP contribution in [0.25, 0.3) is 34.0 Å². The number of halogens is 1. The van der Waals surface area contributed by atoms with Crippen molar-refractivity contribution in [2.75, 3.05) is 0 Å².